The van der Waals surface area contributed by atoms with Crippen molar-refractivity contribution >= 4 is 15.8 Å². The molecule has 1 aromatic heterocycles. The van der Waals surface area contributed by atoms with Crippen molar-refractivity contribution in [3.8, 4) is 0 Å². The Hall–Kier alpha value is -1.18. The maximum absolute atomic E-state index is 12.2. The van der Waals surface area contributed by atoms with E-state index in [1.54, 1.807) is 17.4 Å². The van der Waals surface area contributed by atoms with Crippen LogP contribution < -0.4 is 4.90 Å². The number of pyridine rings is 1. The second kappa shape index (κ2) is 6.14. The zero-order valence-corrected chi connectivity index (χ0v) is 13.8. The van der Waals surface area contributed by atoms with Gasteiger partial charge in [-0.2, -0.15) is 4.31 Å². The maximum Gasteiger partial charge on any atom is 0.213 e. The summed E-state index contributed by atoms with van der Waals surface area (Å²) >= 11 is 0. The Morgan fingerprint density at radius 3 is 2.91 bits per heavy atom. The number of aromatic nitrogens is 1. The fourth-order valence-electron chi connectivity index (χ4n) is 3.29. The fourth-order valence-corrected chi connectivity index (χ4v) is 4.48. The lowest BCUT2D eigenvalue weighted by atomic mass is 9.88. The lowest BCUT2D eigenvalue weighted by molar-refractivity contribution is 0.0807. The van der Waals surface area contributed by atoms with Crippen LogP contribution in [0.1, 0.15) is 13.3 Å². The zero-order chi connectivity index (χ0) is 15.6. The molecule has 0 radical (unpaired) electrons. The molecule has 0 aliphatic carbocycles. The van der Waals surface area contributed by atoms with E-state index in [1.807, 2.05) is 18.2 Å². The highest BCUT2D eigenvalue weighted by Gasteiger charge is 2.43. The van der Waals surface area contributed by atoms with Gasteiger partial charge in [-0.1, -0.05) is 6.07 Å². The highest BCUT2D eigenvalue weighted by atomic mass is 32.2. The molecule has 2 aliphatic rings. The molecule has 3 rings (SSSR count). The molecular weight excluding hydrogens is 302 g/mol. The van der Waals surface area contributed by atoms with Crippen molar-refractivity contribution in [1.82, 2.24) is 9.29 Å². The van der Waals surface area contributed by atoms with Gasteiger partial charge in [0.05, 0.1) is 19.0 Å². The van der Waals surface area contributed by atoms with Crippen LogP contribution in [0.25, 0.3) is 0 Å². The number of sulfonamides is 1. The average molecular weight is 325 g/mol. The topological polar surface area (TPSA) is 62.7 Å². The fraction of sp³-hybridized carbons (Fsp3) is 0.667. The number of ether oxygens (including phenoxy) is 1. The minimum atomic E-state index is -3.17. The van der Waals surface area contributed by atoms with Gasteiger partial charge in [-0.3, -0.25) is 0 Å². The van der Waals surface area contributed by atoms with Crippen molar-refractivity contribution in [2.24, 2.45) is 5.41 Å². The van der Waals surface area contributed by atoms with E-state index in [4.69, 9.17) is 4.74 Å². The van der Waals surface area contributed by atoms with E-state index >= 15 is 0 Å². The van der Waals surface area contributed by atoms with Gasteiger partial charge in [0.15, 0.2) is 0 Å². The average Bonchev–Trinajstić information content (AvgIpc) is 2.82. The maximum atomic E-state index is 12.2. The summed E-state index contributed by atoms with van der Waals surface area (Å²) < 4.78 is 31.8. The Bertz CT molecular complexity index is 608. The van der Waals surface area contributed by atoms with Crippen molar-refractivity contribution in [3.05, 3.63) is 24.4 Å². The molecule has 2 aliphatic heterocycles. The molecule has 3 heterocycles. The SMILES string of the molecule is CCS(=O)(=O)N1CCOCC2(CCN(c3ccccn3)C2)C1. The van der Waals surface area contributed by atoms with E-state index in [-0.39, 0.29) is 11.2 Å². The molecule has 122 valence electrons. The van der Waals surface area contributed by atoms with Gasteiger partial charge in [0, 0.05) is 37.8 Å². The third-order valence-electron chi connectivity index (χ3n) is 4.57. The van der Waals surface area contributed by atoms with Crippen molar-refractivity contribution in [3.63, 3.8) is 0 Å². The quantitative estimate of drug-likeness (QED) is 0.828. The van der Waals surface area contributed by atoms with Crippen molar-refractivity contribution in [1.29, 1.82) is 0 Å². The third kappa shape index (κ3) is 3.11. The number of anilines is 1. The molecule has 2 saturated heterocycles. The molecule has 0 aromatic carbocycles. The summed E-state index contributed by atoms with van der Waals surface area (Å²) in [4.78, 5) is 6.63. The standard InChI is InChI=1S/C15H23N3O3S/c1-2-22(19,20)18-9-10-21-13-15(12-18)6-8-17(11-15)14-5-3-4-7-16-14/h3-5,7H,2,6,8-13H2,1H3. The van der Waals surface area contributed by atoms with Gasteiger partial charge >= 0.3 is 0 Å². The van der Waals surface area contributed by atoms with Crippen LogP contribution in [0.4, 0.5) is 5.82 Å². The summed E-state index contributed by atoms with van der Waals surface area (Å²) in [7, 11) is -3.17. The van der Waals surface area contributed by atoms with Gasteiger partial charge in [0.1, 0.15) is 5.82 Å². The monoisotopic (exact) mass is 325 g/mol. The van der Waals surface area contributed by atoms with E-state index in [9.17, 15) is 8.42 Å². The Morgan fingerprint density at radius 2 is 2.18 bits per heavy atom. The van der Waals surface area contributed by atoms with E-state index in [0.717, 1.165) is 25.3 Å². The third-order valence-corrected chi connectivity index (χ3v) is 6.40. The van der Waals surface area contributed by atoms with Crippen LogP contribution in [0.15, 0.2) is 24.4 Å². The van der Waals surface area contributed by atoms with Crippen LogP contribution in [-0.2, 0) is 14.8 Å². The minimum absolute atomic E-state index is 0.129. The van der Waals surface area contributed by atoms with Gasteiger partial charge in [-0.15, -0.1) is 0 Å². The molecule has 22 heavy (non-hydrogen) atoms. The molecule has 0 amide bonds. The zero-order valence-electron chi connectivity index (χ0n) is 12.9. The first-order valence-electron chi connectivity index (χ1n) is 7.76. The largest absolute Gasteiger partial charge is 0.379 e. The Kier molecular flexibility index (Phi) is 4.38. The Labute approximate surface area is 132 Å². The highest BCUT2D eigenvalue weighted by molar-refractivity contribution is 7.89. The van der Waals surface area contributed by atoms with Crippen molar-refractivity contribution in [2.75, 3.05) is 50.0 Å². The molecule has 1 aromatic rings. The van der Waals surface area contributed by atoms with E-state index in [2.05, 4.69) is 9.88 Å². The summed E-state index contributed by atoms with van der Waals surface area (Å²) in [6, 6.07) is 5.88. The molecule has 1 atom stereocenters. The molecule has 0 bridgehead atoms. The van der Waals surface area contributed by atoms with Crippen LogP contribution in [0.2, 0.25) is 0 Å². The Morgan fingerprint density at radius 1 is 1.32 bits per heavy atom. The Balaban J connectivity index is 1.78. The molecule has 1 spiro atoms. The molecular formula is C15H23N3O3S. The van der Waals surface area contributed by atoms with Gasteiger partial charge in [-0.05, 0) is 25.5 Å². The molecule has 0 saturated carbocycles. The molecule has 6 nitrogen and oxygen atoms in total. The van der Waals surface area contributed by atoms with Crippen LogP contribution in [0, 0.1) is 5.41 Å². The first-order valence-corrected chi connectivity index (χ1v) is 9.37. The first-order chi connectivity index (χ1) is 10.5. The van der Waals surface area contributed by atoms with Gasteiger partial charge in [0.25, 0.3) is 0 Å². The predicted molar refractivity (Wildman–Crippen MR) is 85.4 cm³/mol. The van der Waals surface area contributed by atoms with Crippen molar-refractivity contribution in [2.45, 2.75) is 13.3 Å². The minimum Gasteiger partial charge on any atom is -0.379 e. The number of rotatable bonds is 3. The second-order valence-electron chi connectivity index (χ2n) is 6.15. The smallest absolute Gasteiger partial charge is 0.213 e. The highest BCUT2D eigenvalue weighted by Crippen LogP contribution is 2.35. The lowest BCUT2D eigenvalue weighted by Gasteiger charge is -2.31. The van der Waals surface area contributed by atoms with E-state index in [0.29, 0.717) is 26.3 Å². The summed E-state index contributed by atoms with van der Waals surface area (Å²) in [6.07, 6.45) is 2.72. The van der Waals surface area contributed by atoms with Crippen molar-refractivity contribution < 1.29 is 13.2 Å². The molecule has 0 N–H and O–H groups in total. The normalized spacial score (nSPS) is 27.2. The summed E-state index contributed by atoms with van der Waals surface area (Å²) in [6.45, 7) is 5.48. The van der Waals surface area contributed by atoms with E-state index in [1.165, 1.54) is 0 Å². The van der Waals surface area contributed by atoms with Gasteiger partial charge < -0.3 is 9.64 Å². The van der Waals surface area contributed by atoms with Crippen LogP contribution in [0.3, 0.4) is 0 Å². The van der Waals surface area contributed by atoms with Crippen LogP contribution in [0.5, 0.6) is 0 Å². The van der Waals surface area contributed by atoms with Crippen LogP contribution in [-0.4, -0.2) is 62.9 Å². The van der Waals surface area contributed by atoms with E-state index < -0.39 is 10.0 Å². The number of hydrogen-bond acceptors (Lipinski definition) is 5. The van der Waals surface area contributed by atoms with Crippen LogP contribution >= 0.6 is 0 Å². The summed E-state index contributed by atoms with van der Waals surface area (Å²) in [5.74, 6) is 1.10. The molecule has 2 fully saturated rings. The molecule has 7 heteroatoms. The number of nitrogens with zero attached hydrogens (tertiary/aromatic N) is 3. The van der Waals surface area contributed by atoms with Gasteiger partial charge in [0.2, 0.25) is 10.0 Å². The lowest BCUT2D eigenvalue weighted by Crippen LogP contribution is -2.43. The predicted octanol–water partition coefficient (Wildman–Crippen LogP) is 0.960. The summed E-state index contributed by atoms with van der Waals surface area (Å²) in [5.41, 5.74) is -0.129. The molecule has 1 unspecified atom stereocenters. The summed E-state index contributed by atoms with van der Waals surface area (Å²) in [5, 5.41) is 0. The van der Waals surface area contributed by atoms with Gasteiger partial charge in [-0.25, -0.2) is 13.4 Å². The second-order valence-corrected chi connectivity index (χ2v) is 8.40. The number of hydrogen-bond donors (Lipinski definition) is 0. The first kappa shape index (κ1) is 15.7.